The zero-order valence-corrected chi connectivity index (χ0v) is 28.3. The van der Waals surface area contributed by atoms with Gasteiger partial charge in [-0.25, -0.2) is 4.79 Å². The fourth-order valence-corrected chi connectivity index (χ4v) is 4.04. The van der Waals surface area contributed by atoms with Crippen molar-refractivity contribution >= 4 is 29.6 Å². The molecule has 2 saturated heterocycles. The van der Waals surface area contributed by atoms with Gasteiger partial charge in [-0.1, -0.05) is 0 Å². The summed E-state index contributed by atoms with van der Waals surface area (Å²) in [7, 11) is 0. The van der Waals surface area contributed by atoms with Crippen molar-refractivity contribution in [3.05, 3.63) is 11.7 Å². The van der Waals surface area contributed by atoms with Crippen molar-refractivity contribution < 1.29 is 81.0 Å². The molecule has 50 heavy (non-hydrogen) atoms. The number of ether oxygens (including phenoxy) is 10. The number of imide groups is 2. The van der Waals surface area contributed by atoms with E-state index < -0.39 is 17.8 Å². The van der Waals surface area contributed by atoms with E-state index in [9.17, 15) is 24.0 Å². The first kappa shape index (κ1) is 41.2. The van der Waals surface area contributed by atoms with Gasteiger partial charge in [-0.2, -0.15) is 0 Å². The zero-order chi connectivity index (χ0) is 35.7. The monoisotopic (exact) mass is 720 g/mol. The molecule has 3 aliphatic rings. The second-order valence-corrected chi connectivity index (χ2v) is 10.5. The smallest absolute Gasteiger partial charge is 0.352 e. The van der Waals surface area contributed by atoms with Crippen LogP contribution in [0.3, 0.4) is 0 Å². The molecule has 0 spiro atoms. The van der Waals surface area contributed by atoms with Crippen LogP contribution in [-0.2, 0) is 81.0 Å². The molecule has 19 nitrogen and oxygen atoms in total. The van der Waals surface area contributed by atoms with Crippen molar-refractivity contribution in [2.75, 3.05) is 119 Å². The zero-order valence-electron chi connectivity index (χ0n) is 28.3. The fourth-order valence-electron chi connectivity index (χ4n) is 4.04. The van der Waals surface area contributed by atoms with E-state index in [1.54, 1.807) is 0 Å². The van der Waals surface area contributed by atoms with Crippen molar-refractivity contribution in [1.82, 2.24) is 10.1 Å². The Morgan fingerprint density at radius 3 is 1.16 bits per heavy atom. The Morgan fingerprint density at radius 2 is 0.780 bits per heavy atom. The van der Waals surface area contributed by atoms with Gasteiger partial charge in [0.1, 0.15) is 0 Å². The van der Waals surface area contributed by atoms with Crippen LogP contribution in [0.15, 0.2) is 11.7 Å². The minimum atomic E-state index is -0.706. The third-order valence-corrected chi connectivity index (χ3v) is 6.68. The van der Waals surface area contributed by atoms with E-state index in [0.717, 1.165) is 5.06 Å². The van der Waals surface area contributed by atoms with Gasteiger partial charge in [0, 0.05) is 32.1 Å². The van der Waals surface area contributed by atoms with E-state index in [2.05, 4.69) is 0 Å². The number of hydrogen-bond acceptors (Lipinski definition) is 17. The maximum absolute atomic E-state index is 11.6. The van der Waals surface area contributed by atoms with E-state index in [0.29, 0.717) is 123 Å². The molecule has 2 fully saturated rings. The SMILES string of the molecule is O=C(CCOCCOCCOCCOCCOCCOCCOCCOCCOCCC1=C(ON2C(=O)CCC2=O)O1)ON1C(=O)CCC1=O. The minimum Gasteiger partial charge on any atom is -0.419 e. The third kappa shape index (κ3) is 18.1. The average molecular weight is 721 g/mol. The fraction of sp³-hybridized carbons (Fsp3) is 0.774. The van der Waals surface area contributed by atoms with Crippen molar-refractivity contribution in [2.45, 2.75) is 38.5 Å². The lowest BCUT2D eigenvalue weighted by atomic mass is 10.4. The lowest BCUT2D eigenvalue weighted by molar-refractivity contribution is -0.198. The van der Waals surface area contributed by atoms with Crippen LogP contribution in [0.1, 0.15) is 38.5 Å². The first-order valence-corrected chi connectivity index (χ1v) is 16.7. The molecule has 0 bridgehead atoms. The van der Waals surface area contributed by atoms with Crippen molar-refractivity contribution in [3.8, 4) is 0 Å². The molecule has 19 heteroatoms. The second kappa shape index (κ2) is 25.6. The largest absolute Gasteiger partial charge is 0.419 e. The summed E-state index contributed by atoms with van der Waals surface area (Å²) in [5, 5.41) is 1.26. The molecule has 0 aromatic heterocycles. The molecule has 0 aliphatic carbocycles. The summed E-state index contributed by atoms with van der Waals surface area (Å²) in [6.45, 7) is 7.11. The average Bonchev–Trinajstić information content (AvgIpc) is 3.68. The molecular weight excluding hydrogens is 672 g/mol. The molecule has 284 valence electrons. The highest BCUT2D eigenvalue weighted by molar-refractivity contribution is 6.01. The number of carbonyl (C=O) groups is 5. The Labute approximate surface area is 290 Å². The lowest BCUT2D eigenvalue weighted by Gasteiger charge is -2.12. The van der Waals surface area contributed by atoms with Crippen LogP contribution < -0.4 is 0 Å². The summed E-state index contributed by atoms with van der Waals surface area (Å²) >= 11 is 0. The predicted octanol–water partition coefficient (Wildman–Crippen LogP) is -0.197. The van der Waals surface area contributed by atoms with Gasteiger partial charge in [0.25, 0.3) is 23.6 Å². The Bertz CT molecular complexity index is 1060. The van der Waals surface area contributed by atoms with Gasteiger partial charge < -0.3 is 57.0 Å². The minimum absolute atomic E-state index is 0.0533. The van der Waals surface area contributed by atoms with E-state index in [4.69, 9.17) is 57.0 Å². The number of rotatable bonds is 33. The number of hydrogen-bond donors (Lipinski definition) is 0. The van der Waals surface area contributed by atoms with Crippen LogP contribution in [0, 0.1) is 0 Å². The van der Waals surface area contributed by atoms with Crippen molar-refractivity contribution in [2.24, 2.45) is 0 Å². The molecule has 0 unspecified atom stereocenters. The lowest BCUT2D eigenvalue weighted by Crippen LogP contribution is -2.32. The molecule has 3 rings (SSSR count). The standard InChI is InChI=1S/C31H48N2O17/c34-26-1-2-27(35)32(26)49-30(38)6-8-40-10-12-42-14-16-44-18-20-46-22-24-47-23-21-45-19-17-43-15-13-41-11-9-39-7-5-25-31(48-25)50-33-28(36)3-4-29(33)37/h1-24H2. The Hall–Kier alpha value is -3.27. The van der Waals surface area contributed by atoms with Crippen LogP contribution in [0.25, 0.3) is 0 Å². The van der Waals surface area contributed by atoms with Gasteiger partial charge in [-0.15, -0.1) is 10.1 Å². The molecule has 0 saturated carbocycles. The quantitative estimate of drug-likeness (QED) is 0.0636. The Kier molecular flexibility index (Phi) is 21.1. The van der Waals surface area contributed by atoms with Crippen LogP contribution in [0.5, 0.6) is 0 Å². The van der Waals surface area contributed by atoms with Gasteiger partial charge in [-0.05, 0) is 0 Å². The van der Waals surface area contributed by atoms with Gasteiger partial charge in [-0.3, -0.25) is 19.2 Å². The van der Waals surface area contributed by atoms with E-state index in [-0.39, 0.29) is 63.1 Å². The molecule has 0 radical (unpaired) electrons. The maximum Gasteiger partial charge on any atom is 0.352 e. The van der Waals surface area contributed by atoms with Gasteiger partial charge in [0.05, 0.1) is 125 Å². The molecule has 4 amide bonds. The highest BCUT2D eigenvalue weighted by Crippen LogP contribution is 2.32. The molecule has 0 aromatic rings. The summed E-state index contributed by atoms with van der Waals surface area (Å²) in [6.07, 6.45) is 0.816. The van der Waals surface area contributed by atoms with Gasteiger partial charge in [0.15, 0.2) is 5.76 Å². The number of amides is 4. The van der Waals surface area contributed by atoms with E-state index >= 15 is 0 Å². The van der Waals surface area contributed by atoms with Crippen LogP contribution in [0.4, 0.5) is 0 Å². The summed E-state index contributed by atoms with van der Waals surface area (Å²) in [5.41, 5.74) is 0. The molecular formula is C31H48N2O17. The normalized spacial score (nSPS) is 15.8. The molecule has 3 aliphatic heterocycles. The van der Waals surface area contributed by atoms with E-state index in [1.807, 2.05) is 0 Å². The first-order valence-electron chi connectivity index (χ1n) is 16.7. The summed E-state index contributed by atoms with van der Waals surface area (Å²) in [4.78, 5) is 67.3. The van der Waals surface area contributed by atoms with Crippen molar-refractivity contribution in [3.63, 3.8) is 0 Å². The molecule has 3 heterocycles. The van der Waals surface area contributed by atoms with Gasteiger partial charge in [0.2, 0.25) is 0 Å². The second-order valence-electron chi connectivity index (χ2n) is 10.5. The van der Waals surface area contributed by atoms with Gasteiger partial charge >= 0.3 is 11.9 Å². The summed E-state index contributed by atoms with van der Waals surface area (Å²) in [5.74, 6) is -1.73. The van der Waals surface area contributed by atoms with Crippen LogP contribution in [0.2, 0.25) is 0 Å². The highest BCUT2D eigenvalue weighted by Gasteiger charge is 2.38. The predicted molar refractivity (Wildman–Crippen MR) is 164 cm³/mol. The Morgan fingerprint density at radius 1 is 0.460 bits per heavy atom. The first-order chi connectivity index (χ1) is 24.5. The molecule has 0 aromatic carbocycles. The Balaban J connectivity index is 0.923. The number of hydroxylamine groups is 4. The third-order valence-electron chi connectivity index (χ3n) is 6.68. The maximum atomic E-state index is 11.6. The summed E-state index contributed by atoms with van der Waals surface area (Å²) in [6, 6.07) is 0. The molecule has 0 N–H and O–H groups in total. The number of nitrogens with zero attached hydrogens (tertiary/aromatic N) is 2. The highest BCUT2D eigenvalue weighted by atomic mass is 16.8. The van der Waals surface area contributed by atoms with Crippen LogP contribution in [-0.4, -0.2) is 159 Å². The summed E-state index contributed by atoms with van der Waals surface area (Å²) < 4.78 is 53.9. The number of carbonyl (C=O) groups excluding carboxylic acids is 5. The van der Waals surface area contributed by atoms with Crippen LogP contribution >= 0.6 is 0 Å². The van der Waals surface area contributed by atoms with E-state index in [1.165, 1.54) is 0 Å². The molecule has 0 atom stereocenters. The van der Waals surface area contributed by atoms with Crippen molar-refractivity contribution in [1.29, 1.82) is 0 Å². The topological polar surface area (TPSA) is 206 Å².